The molecule has 1 heterocycles. The van der Waals surface area contributed by atoms with Gasteiger partial charge in [0.05, 0.1) is 19.3 Å². The molecule has 0 bridgehead atoms. The van der Waals surface area contributed by atoms with Crippen molar-refractivity contribution in [1.82, 2.24) is 10.2 Å². The summed E-state index contributed by atoms with van der Waals surface area (Å²) in [7, 11) is 1.58. The highest BCUT2D eigenvalue weighted by Crippen LogP contribution is 2.19. The average Bonchev–Trinajstić information content (AvgIpc) is 2.39. The number of methoxy groups -OCH3 is 1. The van der Waals surface area contributed by atoms with E-state index in [1.54, 1.807) is 7.11 Å². The topological polar surface area (TPSA) is 47.0 Å². The first-order chi connectivity index (χ1) is 8.70. The smallest absolute Gasteiger partial charge is 0.233 e. The highest BCUT2D eigenvalue weighted by Gasteiger charge is 2.02. The summed E-state index contributed by atoms with van der Waals surface area (Å²) in [4.78, 5) is 0. The predicted molar refractivity (Wildman–Crippen MR) is 71.8 cm³/mol. The summed E-state index contributed by atoms with van der Waals surface area (Å²) < 4.78 is 4.98. The number of nitrogens with one attached hydrogen (secondary N) is 1. The second kappa shape index (κ2) is 5.49. The van der Waals surface area contributed by atoms with Gasteiger partial charge in [-0.3, -0.25) is 0 Å². The minimum absolute atomic E-state index is 0.533. The molecule has 0 saturated heterocycles. The first kappa shape index (κ1) is 12.4. The zero-order valence-corrected chi connectivity index (χ0v) is 10.9. The standard InChI is InChI=1S/C14H17N3O/c1-10-5-4-6-11(2)14(10)15-9-12-7-8-13(18-3)17-16-12/h4-8,15H,9H2,1-3H3. The van der Waals surface area contributed by atoms with Gasteiger partial charge in [0.25, 0.3) is 0 Å². The third-order valence-corrected chi connectivity index (χ3v) is 2.83. The van der Waals surface area contributed by atoms with E-state index in [2.05, 4.69) is 47.6 Å². The van der Waals surface area contributed by atoms with E-state index in [9.17, 15) is 0 Å². The number of aryl methyl sites for hydroxylation is 2. The zero-order valence-electron chi connectivity index (χ0n) is 10.9. The molecule has 1 N–H and O–H groups in total. The van der Waals surface area contributed by atoms with E-state index < -0.39 is 0 Å². The second-order valence-electron chi connectivity index (χ2n) is 4.19. The Balaban J connectivity index is 2.06. The molecule has 0 spiro atoms. The molecule has 1 aromatic heterocycles. The van der Waals surface area contributed by atoms with Crippen molar-refractivity contribution < 1.29 is 4.74 Å². The highest BCUT2D eigenvalue weighted by molar-refractivity contribution is 5.56. The zero-order chi connectivity index (χ0) is 13.0. The van der Waals surface area contributed by atoms with Crippen LogP contribution in [-0.4, -0.2) is 17.3 Å². The molecule has 0 aliphatic carbocycles. The van der Waals surface area contributed by atoms with E-state index in [0.717, 1.165) is 11.4 Å². The minimum atomic E-state index is 0.533. The van der Waals surface area contributed by atoms with Crippen molar-refractivity contribution >= 4 is 5.69 Å². The van der Waals surface area contributed by atoms with Crippen molar-refractivity contribution in [2.75, 3.05) is 12.4 Å². The lowest BCUT2D eigenvalue weighted by Gasteiger charge is -2.11. The van der Waals surface area contributed by atoms with E-state index in [4.69, 9.17) is 4.74 Å². The number of para-hydroxylation sites is 1. The summed E-state index contributed by atoms with van der Waals surface area (Å²) in [5, 5.41) is 11.4. The molecule has 2 aromatic rings. The lowest BCUT2D eigenvalue weighted by molar-refractivity contribution is 0.391. The van der Waals surface area contributed by atoms with E-state index in [0.29, 0.717) is 12.4 Å². The van der Waals surface area contributed by atoms with Crippen LogP contribution in [0.15, 0.2) is 30.3 Å². The normalized spacial score (nSPS) is 10.2. The molecule has 0 radical (unpaired) electrons. The Morgan fingerprint density at radius 2 is 1.78 bits per heavy atom. The van der Waals surface area contributed by atoms with Crippen LogP contribution in [0, 0.1) is 13.8 Å². The Labute approximate surface area is 107 Å². The number of hydrogen-bond acceptors (Lipinski definition) is 4. The van der Waals surface area contributed by atoms with Crippen LogP contribution < -0.4 is 10.1 Å². The van der Waals surface area contributed by atoms with Crippen molar-refractivity contribution in [2.24, 2.45) is 0 Å². The van der Waals surface area contributed by atoms with Crippen LogP contribution in [0.3, 0.4) is 0 Å². The largest absolute Gasteiger partial charge is 0.480 e. The monoisotopic (exact) mass is 243 g/mol. The van der Waals surface area contributed by atoms with Crippen molar-refractivity contribution in [3.63, 3.8) is 0 Å². The molecule has 4 heteroatoms. The molecule has 0 atom stereocenters. The van der Waals surface area contributed by atoms with E-state index in [1.807, 2.05) is 12.1 Å². The maximum absolute atomic E-state index is 4.98. The number of benzene rings is 1. The van der Waals surface area contributed by atoms with Gasteiger partial charge in [0.2, 0.25) is 5.88 Å². The van der Waals surface area contributed by atoms with Crippen LogP contribution in [0.5, 0.6) is 5.88 Å². The molecule has 0 aliphatic heterocycles. The predicted octanol–water partition coefficient (Wildman–Crippen LogP) is 2.71. The summed E-state index contributed by atoms with van der Waals surface area (Å²) in [6, 6.07) is 9.97. The number of anilines is 1. The number of ether oxygens (including phenoxy) is 1. The molecular formula is C14H17N3O. The maximum Gasteiger partial charge on any atom is 0.233 e. The van der Waals surface area contributed by atoms with Gasteiger partial charge in [-0.1, -0.05) is 18.2 Å². The fourth-order valence-corrected chi connectivity index (χ4v) is 1.82. The lowest BCUT2D eigenvalue weighted by Crippen LogP contribution is -2.05. The van der Waals surface area contributed by atoms with Crippen molar-refractivity contribution in [3.05, 3.63) is 47.2 Å². The summed E-state index contributed by atoms with van der Waals surface area (Å²) in [6.07, 6.45) is 0. The number of rotatable bonds is 4. The van der Waals surface area contributed by atoms with Gasteiger partial charge in [-0.15, -0.1) is 5.10 Å². The number of nitrogens with zero attached hydrogens (tertiary/aromatic N) is 2. The minimum Gasteiger partial charge on any atom is -0.480 e. The third-order valence-electron chi connectivity index (χ3n) is 2.83. The van der Waals surface area contributed by atoms with Crippen LogP contribution in [0.2, 0.25) is 0 Å². The van der Waals surface area contributed by atoms with Gasteiger partial charge in [-0.25, -0.2) is 0 Å². The van der Waals surface area contributed by atoms with Gasteiger partial charge < -0.3 is 10.1 Å². The van der Waals surface area contributed by atoms with Crippen LogP contribution in [-0.2, 0) is 6.54 Å². The number of hydrogen-bond donors (Lipinski definition) is 1. The Morgan fingerprint density at radius 3 is 2.33 bits per heavy atom. The quantitative estimate of drug-likeness (QED) is 0.897. The average molecular weight is 243 g/mol. The Kier molecular flexibility index (Phi) is 3.77. The molecule has 2 rings (SSSR count). The van der Waals surface area contributed by atoms with E-state index >= 15 is 0 Å². The van der Waals surface area contributed by atoms with Gasteiger partial charge in [0.15, 0.2) is 0 Å². The van der Waals surface area contributed by atoms with Gasteiger partial charge in [0, 0.05) is 11.8 Å². The molecular weight excluding hydrogens is 226 g/mol. The summed E-state index contributed by atoms with van der Waals surface area (Å²) in [6.45, 7) is 4.84. The first-order valence-electron chi connectivity index (χ1n) is 5.87. The van der Waals surface area contributed by atoms with E-state index in [1.165, 1.54) is 11.1 Å². The molecule has 0 unspecified atom stereocenters. The van der Waals surface area contributed by atoms with Crippen LogP contribution in [0.25, 0.3) is 0 Å². The summed E-state index contributed by atoms with van der Waals surface area (Å²) in [5.74, 6) is 0.533. The molecule has 0 fully saturated rings. The molecule has 0 amide bonds. The van der Waals surface area contributed by atoms with Crippen LogP contribution >= 0.6 is 0 Å². The van der Waals surface area contributed by atoms with Crippen molar-refractivity contribution in [3.8, 4) is 5.88 Å². The fraction of sp³-hybridized carbons (Fsp3) is 0.286. The Morgan fingerprint density at radius 1 is 1.06 bits per heavy atom. The molecule has 4 nitrogen and oxygen atoms in total. The van der Waals surface area contributed by atoms with Crippen LogP contribution in [0.4, 0.5) is 5.69 Å². The molecule has 0 saturated carbocycles. The molecule has 0 aliphatic rings. The molecule has 94 valence electrons. The summed E-state index contributed by atoms with van der Waals surface area (Å²) in [5.41, 5.74) is 4.52. The lowest BCUT2D eigenvalue weighted by atomic mass is 10.1. The second-order valence-corrected chi connectivity index (χ2v) is 4.19. The molecule has 1 aromatic carbocycles. The summed E-state index contributed by atoms with van der Waals surface area (Å²) >= 11 is 0. The van der Waals surface area contributed by atoms with Gasteiger partial charge >= 0.3 is 0 Å². The Bertz CT molecular complexity index is 503. The third kappa shape index (κ3) is 2.77. The van der Waals surface area contributed by atoms with Crippen LogP contribution in [0.1, 0.15) is 16.8 Å². The van der Waals surface area contributed by atoms with E-state index in [-0.39, 0.29) is 0 Å². The Hall–Kier alpha value is -2.10. The fourth-order valence-electron chi connectivity index (χ4n) is 1.82. The SMILES string of the molecule is COc1ccc(CNc2c(C)cccc2C)nn1. The maximum atomic E-state index is 4.98. The molecule has 18 heavy (non-hydrogen) atoms. The first-order valence-corrected chi connectivity index (χ1v) is 5.87. The van der Waals surface area contributed by atoms with Gasteiger partial charge in [-0.2, -0.15) is 5.10 Å². The number of aromatic nitrogens is 2. The van der Waals surface area contributed by atoms with Crippen molar-refractivity contribution in [2.45, 2.75) is 20.4 Å². The van der Waals surface area contributed by atoms with Gasteiger partial charge in [-0.05, 0) is 31.0 Å². The van der Waals surface area contributed by atoms with Crippen molar-refractivity contribution in [1.29, 1.82) is 0 Å². The van der Waals surface area contributed by atoms with Gasteiger partial charge in [0.1, 0.15) is 0 Å². The highest BCUT2D eigenvalue weighted by atomic mass is 16.5.